The molecule has 0 aliphatic heterocycles. The van der Waals surface area contributed by atoms with E-state index in [2.05, 4.69) is 69.6 Å². The van der Waals surface area contributed by atoms with Gasteiger partial charge in [-0.05, 0) is 90.9 Å². The molecule has 35 heavy (non-hydrogen) atoms. The molecule has 4 nitrogen and oxygen atoms in total. The van der Waals surface area contributed by atoms with Gasteiger partial charge < -0.3 is 14.2 Å². The number of hydrogen-bond acceptors (Lipinski definition) is 4. The van der Waals surface area contributed by atoms with Crippen LogP contribution in [0.4, 0.5) is 0 Å². The second-order valence-electron chi connectivity index (χ2n) is 10.5. The molecular weight excluding hydrogens is 504 g/mol. The first kappa shape index (κ1) is 34.4. The molecular formula is C30H55BrO4. The van der Waals surface area contributed by atoms with Gasteiger partial charge in [0.25, 0.3) is 0 Å². The minimum Gasteiger partial charge on any atom is -0.466 e. The summed E-state index contributed by atoms with van der Waals surface area (Å²) >= 11 is 3.45. The fraction of sp³-hybridized carbons (Fsp3) is 0.833. The van der Waals surface area contributed by atoms with E-state index in [-0.39, 0.29) is 12.3 Å². The number of halogens is 1. The lowest BCUT2D eigenvalue weighted by Crippen LogP contribution is -2.22. The monoisotopic (exact) mass is 558 g/mol. The van der Waals surface area contributed by atoms with Crippen LogP contribution in [-0.4, -0.2) is 37.4 Å². The van der Waals surface area contributed by atoms with Gasteiger partial charge in [0.15, 0.2) is 6.29 Å². The van der Waals surface area contributed by atoms with E-state index >= 15 is 0 Å². The summed E-state index contributed by atoms with van der Waals surface area (Å²) in [5.74, 6) is 1.07. The van der Waals surface area contributed by atoms with Crippen LogP contribution in [0.3, 0.4) is 0 Å². The minimum atomic E-state index is -0.337. The maximum Gasteiger partial charge on any atom is 0.305 e. The van der Waals surface area contributed by atoms with Crippen molar-refractivity contribution in [2.45, 2.75) is 125 Å². The van der Waals surface area contributed by atoms with E-state index in [1.54, 1.807) is 0 Å². The first-order valence-corrected chi connectivity index (χ1v) is 15.1. The van der Waals surface area contributed by atoms with Crippen molar-refractivity contribution in [1.82, 2.24) is 0 Å². The molecule has 0 aromatic carbocycles. The van der Waals surface area contributed by atoms with Crippen LogP contribution in [0.25, 0.3) is 0 Å². The Morgan fingerprint density at radius 2 is 1.23 bits per heavy atom. The number of carbonyl (C=O) groups is 1. The van der Waals surface area contributed by atoms with Crippen LogP contribution in [0.1, 0.15) is 119 Å². The molecule has 0 saturated carbocycles. The van der Waals surface area contributed by atoms with Crippen molar-refractivity contribution in [2.24, 2.45) is 11.8 Å². The van der Waals surface area contributed by atoms with Crippen molar-refractivity contribution < 1.29 is 19.0 Å². The van der Waals surface area contributed by atoms with E-state index in [4.69, 9.17) is 14.2 Å². The van der Waals surface area contributed by atoms with E-state index in [9.17, 15) is 4.79 Å². The van der Waals surface area contributed by atoms with Crippen molar-refractivity contribution in [3.63, 3.8) is 0 Å². The first-order valence-electron chi connectivity index (χ1n) is 14.0. The highest BCUT2D eigenvalue weighted by Crippen LogP contribution is 2.16. The van der Waals surface area contributed by atoms with E-state index in [0.29, 0.717) is 44.5 Å². The highest BCUT2D eigenvalue weighted by Gasteiger charge is 2.15. The molecule has 0 heterocycles. The van der Waals surface area contributed by atoms with Crippen molar-refractivity contribution >= 4 is 21.9 Å². The Hall–Kier alpha value is -0.650. The van der Waals surface area contributed by atoms with Crippen molar-refractivity contribution in [2.75, 3.05) is 25.2 Å². The van der Waals surface area contributed by atoms with Gasteiger partial charge in [-0.25, -0.2) is 0 Å². The van der Waals surface area contributed by atoms with Crippen LogP contribution in [0.2, 0.25) is 0 Å². The Bertz CT molecular complexity index is 531. The van der Waals surface area contributed by atoms with Gasteiger partial charge in [-0.1, -0.05) is 65.9 Å². The molecule has 0 rings (SSSR count). The molecule has 0 spiro atoms. The van der Waals surface area contributed by atoms with Gasteiger partial charge in [-0.15, -0.1) is 0 Å². The number of carbonyl (C=O) groups excluding carboxylic acids is 1. The molecule has 0 aliphatic rings. The summed E-state index contributed by atoms with van der Waals surface area (Å²) in [6.07, 6.45) is 16.2. The molecule has 0 fully saturated rings. The summed E-state index contributed by atoms with van der Waals surface area (Å²) in [6, 6.07) is 0. The SMILES string of the molecule is CC(C)=CCCC(C)CCOC(CCC(=O)OCCCCCCBr)OCCC(C)CCC=C(C)C. The summed E-state index contributed by atoms with van der Waals surface area (Å²) < 4.78 is 17.6. The third-order valence-corrected chi connectivity index (χ3v) is 6.69. The van der Waals surface area contributed by atoms with Crippen LogP contribution in [0.15, 0.2) is 23.3 Å². The van der Waals surface area contributed by atoms with Gasteiger partial charge in [-0.3, -0.25) is 4.79 Å². The molecule has 0 aliphatic carbocycles. The van der Waals surface area contributed by atoms with Crippen LogP contribution in [-0.2, 0) is 19.0 Å². The van der Waals surface area contributed by atoms with Crippen molar-refractivity contribution in [3.8, 4) is 0 Å². The largest absolute Gasteiger partial charge is 0.466 e. The highest BCUT2D eigenvalue weighted by atomic mass is 79.9. The van der Waals surface area contributed by atoms with Crippen molar-refractivity contribution in [1.29, 1.82) is 0 Å². The summed E-state index contributed by atoms with van der Waals surface area (Å²) in [6.45, 7) is 15.0. The lowest BCUT2D eigenvalue weighted by atomic mass is 10.0. The average Bonchev–Trinajstić information content (AvgIpc) is 2.78. The maximum atomic E-state index is 12.2. The lowest BCUT2D eigenvalue weighted by molar-refractivity contribution is -0.161. The fourth-order valence-electron chi connectivity index (χ4n) is 3.66. The lowest BCUT2D eigenvalue weighted by Gasteiger charge is -2.21. The number of rotatable bonds is 23. The van der Waals surface area contributed by atoms with Crippen LogP contribution < -0.4 is 0 Å². The molecule has 0 N–H and O–H groups in total. The number of allylic oxidation sites excluding steroid dienone is 4. The zero-order chi connectivity index (χ0) is 26.3. The van der Waals surface area contributed by atoms with E-state index in [1.165, 1.54) is 36.8 Å². The predicted octanol–water partition coefficient (Wildman–Crippen LogP) is 9.17. The van der Waals surface area contributed by atoms with Crippen molar-refractivity contribution in [3.05, 3.63) is 23.3 Å². The summed E-state index contributed by atoms with van der Waals surface area (Å²) in [7, 11) is 0. The zero-order valence-corrected chi connectivity index (χ0v) is 25.3. The second kappa shape index (κ2) is 23.7. The second-order valence-corrected chi connectivity index (χ2v) is 11.3. The molecule has 0 aromatic rings. The number of alkyl halides is 1. The molecule has 2 unspecified atom stereocenters. The van der Waals surface area contributed by atoms with Crippen LogP contribution >= 0.6 is 15.9 Å². The van der Waals surface area contributed by atoms with E-state index in [0.717, 1.165) is 43.9 Å². The van der Waals surface area contributed by atoms with Crippen LogP contribution in [0.5, 0.6) is 0 Å². The standard InChI is InChI=1S/C30H55BrO4/c1-25(2)13-11-15-27(5)19-23-34-30(35-24-20-28(6)16-12-14-26(3)4)18-17-29(32)33-22-10-8-7-9-21-31/h13-14,27-28,30H,7-12,15-24H2,1-6H3. The predicted molar refractivity (Wildman–Crippen MR) is 153 cm³/mol. The van der Waals surface area contributed by atoms with E-state index < -0.39 is 0 Å². The number of unbranched alkanes of at least 4 members (excludes halogenated alkanes) is 3. The molecule has 206 valence electrons. The van der Waals surface area contributed by atoms with Crippen LogP contribution in [0, 0.1) is 11.8 Å². The number of hydrogen-bond donors (Lipinski definition) is 0. The Kier molecular flexibility index (Phi) is 23.3. The molecule has 0 aromatic heterocycles. The molecule has 0 bridgehead atoms. The summed E-state index contributed by atoms with van der Waals surface area (Å²) in [5, 5.41) is 1.04. The summed E-state index contributed by atoms with van der Waals surface area (Å²) in [5.41, 5.74) is 2.76. The normalized spacial score (nSPS) is 13.7. The molecule has 2 atom stereocenters. The van der Waals surface area contributed by atoms with Gasteiger partial charge >= 0.3 is 5.97 Å². The topological polar surface area (TPSA) is 44.8 Å². The Morgan fingerprint density at radius 1 is 0.714 bits per heavy atom. The maximum absolute atomic E-state index is 12.2. The molecule has 0 saturated heterocycles. The Balaban J connectivity index is 4.39. The number of esters is 1. The smallest absolute Gasteiger partial charge is 0.305 e. The Labute approximate surface area is 225 Å². The van der Waals surface area contributed by atoms with Gasteiger partial charge in [0, 0.05) is 25.0 Å². The van der Waals surface area contributed by atoms with Gasteiger partial charge in [0.1, 0.15) is 0 Å². The minimum absolute atomic E-state index is 0.145. The average molecular weight is 560 g/mol. The first-order chi connectivity index (χ1) is 16.7. The third kappa shape index (κ3) is 24.8. The third-order valence-electron chi connectivity index (χ3n) is 6.13. The van der Waals surface area contributed by atoms with Gasteiger partial charge in [-0.2, -0.15) is 0 Å². The Morgan fingerprint density at radius 3 is 1.71 bits per heavy atom. The molecule has 5 heteroatoms. The van der Waals surface area contributed by atoms with Gasteiger partial charge in [0.2, 0.25) is 0 Å². The molecule has 0 radical (unpaired) electrons. The van der Waals surface area contributed by atoms with Gasteiger partial charge in [0.05, 0.1) is 13.0 Å². The fourth-order valence-corrected chi connectivity index (χ4v) is 4.06. The molecule has 0 amide bonds. The quantitative estimate of drug-likeness (QED) is 0.0412. The van der Waals surface area contributed by atoms with E-state index in [1.807, 2.05) is 0 Å². The highest BCUT2D eigenvalue weighted by molar-refractivity contribution is 9.09. The zero-order valence-electron chi connectivity index (χ0n) is 23.7. The summed E-state index contributed by atoms with van der Waals surface area (Å²) in [4.78, 5) is 12.2. The number of ether oxygens (including phenoxy) is 3.